The van der Waals surface area contributed by atoms with Crippen molar-refractivity contribution in [2.75, 3.05) is 33.1 Å². The molecule has 2 unspecified atom stereocenters. The number of nitrogens with zero attached hydrogens (tertiary/aromatic N) is 1. The maximum Gasteiger partial charge on any atom is 0.336 e. The summed E-state index contributed by atoms with van der Waals surface area (Å²) in [4.78, 5) is 51.7. The average Bonchev–Trinajstić information content (AvgIpc) is 2.90. The number of esters is 1. The number of amides is 2. The van der Waals surface area contributed by atoms with Crippen LogP contribution >= 0.6 is 11.8 Å². The summed E-state index contributed by atoms with van der Waals surface area (Å²) in [5, 5.41) is 11.6. The molecule has 3 atom stereocenters. The highest BCUT2D eigenvalue weighted by atomic mass is 32.2. The number of thioether (sulfide) groups is 1. The Morgan fingerprint density at radius 1 is 1.11 bits per heavy atom. The van der Waals surface area contributed by atoms with E-state index in [1.807, 2.05) is 0 Å². The maximum atomic E-state index is 13.1. The van der Waals surface area contributed by atoms with Gasteiger partial charge in [-0.25, -0.2) is 4.79 Å². The molecule has 2 fully saturated rings. The molecule has 2 aromatic rings. The third kappa shape index (κ3) is 4.89. The Bertz CT molecular complexity index is 1170. The number of ether oxygens (including phenoxy) is 3. The van der Waals surface area contributed by atoms with Crippen molar-refractivity contribution in [2.24, 2.45) is 5.41 Å². The van der Waals surface area contributed by atoms with Gasteiger partial charge in [-0.15, -0.1) is 11.8 Å². The smallest absolute Gasteiger partial charge is 0.336 e. The number of hydrogen-bond donors (Lipinski definition) is 2. The third-order valence-electron chi connectivity index (χ3n) is 6.22. The lowest BCUT2D eigenvalue weighted by Gasteiger charge is -2.53. The summed E-state index contributed by atoms with van der Waals surface area (Å²) in [6, 6.07) is 12.1. The van der Waals surface area contributed by atoms with Gasteiger partial charge >= 0.3 is 11.9 Å². The normalized spacial score (nSPS) is 22.7. The van der Waals surface area contributed by atoms with Crippen LogP contribution in [0.2, 0.25) is 0 Å². The largest absolute Gasteiger partial charge is 0.497 e. The van der Waals surface area contributed by atoms with E-state index in [2.05, 4.69) is 5.32 Å². The summed E-state index contributed by atoms with van der Waals surface area (Å²) in [7, 11) is 3.05. The van der Waals surface area contributed by atoms with Gasteiger partial charge in [0.15, 0.2) is 0 Å². The monoisotopic (exact) mass is 514 g/mol. The highest BCUT2D eigenvalue weighted by Crippen LogP contribution is 2.43. The van der Waals surface area contributed by atoms with Gasteiger partial charge in [-0.2, -0.15) is 0 Å². The standard InChI is InChI=1S/C25H26N2O8S/c1-33-13-25(24(32)35-11-15-7-9-16(34-2)10-8-15)12-27-21(29)19(22(27)36-14-25)26-20(28)17-5-3-4-6-18(17)23(30)31/h3-10,19,22H,11-14H2,1-2H3,(H,26,28)(H,30,31)/t19?,22-,25?/m1/s1. The van der Waals surface area contributed by atoms with Crippen LogP contribution in [0.25, 0.3) is 0 Å². The minimum Gasteiger partial charge on any atom is -0.497 e. The lowest BCUT2D eigenvalue weighted by molar-refractivity contribution is -0.166. The number of rotatable bonds is 9. The molecule has 2 heterocycles. The molecule has 0 saturated carbocycles. The topological polar surface area (TPSA) is 131 Å². The van der Waals surface area contributed by atoms with Crippen molar-refractivity contribution in [3.05, 3.63) is 65.2 Å². The molecule has 0 aliphatic carbocycles. The molecular weight excluding hydrogens is 488 g/mol. The number of carboxylic acid groups (broad SMARTS) is 1. The van der Waals surface area contributed by atoms with Gasteiger partial charge in [0.25, 0.3) is 5.91 Å². The van der Waals surface area contributed by atoms with Gasteiger partial charge in [-0.1, -0.05) is 24.3 Å². The molecule has 0 aromatic heterocycles. The molecule has 2 aromatic carbocycles. The van der Waals surface area contributed by atoms with E-state index < -0.39 is 29.3 Å². The lowest BCUT2D eigenvalue weighted by Crippen LogP contribution is -2.74. The fourth-order valence-corrected chi connectivity index (χ4v) is 5.80. The molecule has 2 amide bonds. The Kier molecular flexibility index (Phi) is 7.51. The molecule has 4 rings (SSSR count). The van der Waals surface area contributed by atoms with Crippen molar-refractivity contribution in [2.45, 2.75) is 18.0 Å². The summed E-state index contributed by atoms with van der Waals surface area (Å²) < 4.78 is 16.0. The second-order valence-corrected chi connectivity index (χ2v) is 9.71. The van der Waals surface area contributed by atoms with Crippen molar-refractivity contribution >= 4 is 35.5 Å². The first-order chi connectivity index (χ1) is 17.3. The van der Waals surface area contributed by atoms with Gasteiger partial charge < -0.3 is 29.5 Å². The average molecular weight is 515 g/mol. The van der Waals surface area contributed by atoms with E-state index >= 15 is 0 Å². The van der Waals surface area contributed by atoms with E-state index in [1.54, 1.807) is 37.4 Å². The van der Waals surface area contributed by atoms with Crippen LogP contribution in [0.5, 0.6) is 5.75 Å². The predicted octanol–water partition coefficient (Wildman–Crippen LogP) is 1.78. The van der Waals surface area contributed by atoms with Crippen LogP contribution in [-0.4, -0.2) is 78.3 Å². The number of benzene rings is 2. The third-order valence-corrected chi connectivity index (χ3v) is 7.80. The highest BCUT2D eigenvalue weighted by molar-refractivity contribution is 8.00. The van der Waals surface area contributed by atoms with Gasteiger partial charge in [0, 0.05) is 19.4 Å². The summed E-state index contributed by atoms with van der Waals surface area (Å²) in [5.41, 5.74) is -0.424. The Labute approximate surface area is 211 Å². The maximum absolute atomic E-state index is 13.1. The van der Waals surface area contributed by atoms with Crippen LogP contribution in [0.3, 0.4) is 0 Å². The van der Waals surface area contributed by atoms with Crippen molar-refractivity contribution in [3.63, 3.8) is 0 Å². The minimum absolute atomic E-state index is 0.0205. The number of β-lactam (4-membered cyclic amide) rings is 1. The van der Waals surface area contributed by atoms with Crippen LogP contribution in [0.1, 0.15) is 26.3 Å². The number of carbonyl (C=O) groups excluding carboxylic acids is 3. The van der Waals surface area contributed by atoms with E-state index in [1.165, 1.54) is 42.0 Å². The number of carboxylic acids is 1. The van der Waals surface area contributed by atoms with Crippen LogP contribution in [0.15, 0.2) is 48.5 Å². The SMILES string of the molecule is COCC1(C(=O)OCc2ccc(OC)cc2)CS[C@@H]2C(NC(=O)c3ccccc3C(=O)O)C(=O)N2C1. The Balaban J connectivity index is 1.40. The van der Waals surface area contributed by atoms with E-state index in [0.717, 1.165) is 5.56 Å². The first kappa shape index (κ1) is 25.5. The summed E-state index contributed by atoms with van der Waals surface area (Å²) in [5.74, 6) is -1.67. The zero-order valence-electron chi connectivity index (χ0n) is 19.8. The highest BCUT2D eigenvalue weighted by Gasteiger charge is 2.58. The quantitative estimate of drug-likeness (QED) is 0.380. The number of hydrogen-bond acceptors (Lipinski definition) is 8. The number of methoxy groups -OCH3 is 2. The second-order valence-electron chi connectivity index (χ2n) is 8.61. The van der Waals surface area contributed by atoms with Gasteiger partial charge in [0.2, 0.25) is 5.91 Å². The zero-order chi connectivity index (χ0) is 25.9. The fraction of sp³-hybridized carbons (Fsp3) is 0.360. The molecule has 36 heavy (non-hydrogen) atoms. The molecule has 2 N–H and O–H groups in total. The molecule has 190 valence electrons. The number of fused-ring (bicyclic) bond motifs is 1. The first-order valence-corrected chi connectivity index (χ1v) is 12.2. The van der Waals surface area contributed by atoms with E-state index in [-0.39, 0.29) is 42.2 Å². The molecule has 0 spiro atoms. The zero-order valence-corrected chi connectivity index (χ0v) is 20.6. The van der Waals surface area contributed by atoms with Crippen molar-refractivity contribution in [1.82, 2.24) is 10.2 Å². The molecule has 10 nitrogen and oxygen atoms in total. The van der Waals surface area contributed by atoms with Crippen LogP contribution in [-0.2, 0) is 25.7 Å². The lowest BCUT2D eigenvalue weighted by atomic mass is 9.88. The van der Waals surface area contributed by atoms with Gasteiger partial charge in [0.05, 0.1) is 24.8 Å². The summed E-state index contributed by atoms with van der Waals surface area (Å²) >= 11 is 1.35. The summed E-state index contributed by atoms with van der Waals surface area (Å²) in [6.45, 7) is 0.232. The fourth-order valence-electron chi connectivity index (χ4n) is 4.28. The summed E-state index contributed by atoms with van der Waals surface area (Å²) in [6.07, 6.45) is 0. The molecule has 2 saturated heterocycles. The Hall–Kier alpha value is -3.57. The van der Waals surface area contributed by atoms with Gasteiger partial charge in [-0.05, 0) is 29.8 Å². The van der Waals surface area contributed by atoms with Crippen molar-refractivity contribution < 1.29 is 38.5 Å². The van der Waals surface area contributed by atoms with Crippen LogP contribution in [0.4, 0.5) is 0 Å². The van der Waals surface area contributed by atoms with Gasteiger partial charge in [0.1, 0.15) is 29.2 Å². The molecule has 2 aliphatic rings. The number of carbonyl (C=O) groups is 4. The molecule has 0 bridgehead atoms. The van der Waals surface area contributed by atoms with Crippen molar-refractivity contribution in [3.8, 4) is 5.75 Å². The second kappa shape index (κ2) is 10.6. The minimum atomic E-state index is -1.23. The number of aromatic carboxylic acids is 1. The van der Waals surface area contributed by atoms with Crippen molar-refractivity contribution in [1.29, 1.82) is 0 Å². The Morgan fingerprint density at radius 2 is 1.81 bits per heavy atom. The molecule has 0 radical (unpaired) electrons. The molecule has 2 aliphatic heterocycles. The first-order valence-electron chi connectivity index (χ1n) is 11.1. The number of nitrogens with one attached hydrogen (secondary N) is 1. The van der Waals surface area contributed by atoms with Crippen LogP contribution in [0, 0.1) is 5.41 Å². The van der Waals surface area contributed by atoms with E-state index in [0.29, 0.717) is 11.5 Å². The molecule has 11 heteroatoms. The van der Waals surface area contributed by atoms with Crippen LogP contribution < -0.4 is 10.1 Å². The van der Waals surface area contributed by atoms with E-state index in [9.17, 15) is 24.3 Å². The van der Waals surface area contributed by atoms with E-state index in [4.69, 9.17) is 14.2 Å². The van der Waals surface area contributed by atoms with Gasteiger partial charge in [-0.3, -0.25) is 14.4 Å². The Morgan fingerprint density at radius 3 is 2.44 bits per heavy atom. The predicted molar refractivity (Wildman–Crippen MR) is 130 cm³/mol. The molecular formula is C25H26N2O8S.